The summed E-state index contributed by atoms with van der Waals surface area (Å²) in [6.45, 7) is 4.00. The quantitative estimate of drug-likeness (QED) is 0.689. The fourth-order valence-electron chi connectivity index (χ4n) is 2.61. The van der Waals surface area contributed by atoms with Gasteiger partial charge < -0.3 is 9.72 Å². The van der Waals surface area contributed by atoms with Crippen LogP contribution in [0.4, 0.5) is 0 Å². The molecule has 1 N–H and O–H groups in total. The highest BCUT2D eigenvalue weighted by Crippen LogP contribution is 2.33. The van der Waals surface area contributed by atoms with Crippen molar-refractivity contribution in [3.8, 4) is 5.75 Å². The Kier molecular flexibility index (Phi) is 3.30. The first-order valence-electron chi connectivity index (χ1n) is 6.66. The number of rotatable bonds is 4. The second kappa shape index (κ2) is 5.25. The lowest BCUT2D eigenvalue weighted by molar-refractivity contribution is 0.415. The Hall–Kier alpha value is -2.48. The highest BCUT2D eigenvalue weighted by Gasteiger charge is 2.15. The molecule has 1 unspecified atom stereocenters. The predicted molar refractivity (Wildman–Crippen MR) is 83.3 cm³/mol. The topological polar surface area (TPSA) is 25.0 Å². The molecule has 0 saturated heterocycles. The number of aromatic amines is 1. The average molecular weight is 263 g/mol. The van der Waals surface area contributed by atoms with E-state index in [4.69, 9.17) is 4.74 Å². The van der Waals surface area contributed by atoms with Crippen LogP contribution in [0.3, 0.4) is 0 Å². The van der Waals surface area contributed by atoms with Crippen LogP contribution in [0.25, 0.3) is 10.9 Å². The van der Waals surface area contributed by atoms with E-state index in [1.165, 1.54) is 16.5 Å². The highest BCUT2D eigenvalue weighted by atomic mass is 16.5. The Bertz CT molecular complexity index is 728. The molecule has 1 heterocycles. The second-order valence-electron chi connectivity index (χ2n) is 4.78. The average Bonchev–Trinajstić information content (AvgIpc) is 2.92. The van der Waals surface area contributed by atoms with Crippen molar-refractivity contribution in [3.63, 3.8) is 0 Å². The molecule has 0 saturated carbocycles. The monoisotopic (exact) mass is 263 g/mol. The zero-order chi connectivity index (χ0) is 13.9. The third kappa shape index (κ3) is 2.10. The Labute approximate surface area is 118 Å². The Balaban J connectivity index is 2.15. The molecule has 1 aromatic heterocycles. The summed E-state index contributed by atoms with van der Waals surface area (Å²) in [5.41, 5.74) is 3.58. The lowest BCUT2D eigenvalue weighted by Crippen LogP contribution is -1.96. The summed E-state index contributed by atoms with van der Waals surface area (Å²) in [5, 5.41) is 1.18. The van der Waals surface area contributed by atoms with E-state index in [0.29, 0.717) is 0 Å². The molecule has 0 radical (unpaired) electrons. The molecule has 0 spiro atoms. The number of allylic oxidation sites excluding steroid dienone is 1. The van der Waals surface area contributed by atoms with Gasteiger partial charge in [0.05, 0.1) is 7.11 Å². The maximum atomic E-state index is 5.33. The minimum atomic E-state index is 0.178. The number of hydrogen-bond acceptors (Lipinski definition) is 1. The predicted octanol–water partition coefficient (Wildman–Crippen LogP) is 4.49. The molecule has 0 aliphatic heterocycles. The van der Waals surface area contributed by atoms with Crippen LogP contribution in [0.5, 0.6) is 5.75 Å². The maximum absolute atomic E-state index is 5.33. The molecule has 0 aliphatic carbocycles. The van der Waals surface area contributed by atoms with Gasteiger partial charge in [0.1, 0.15) is 5.75 Å². The number of fused-ring (bicyclic) bond motifs is 1. The molecule has 100 valence electrons. The van der Waals surface area contributed by atoms with Crippen molar-refractivity contribution in [2.45, 2.75) is 5.92 Å². The van der Waals surface area contributed by atoms with Gasteiger partial charge in [0.25, 0.3) is 0 Å². The number of H-pyrrole nitrogens is 1. The first-order chi connectivity index (χ1) is 9.83. The van der Waals surface area contributed by atoms with E-state index >= 15 is 0 Å². The van der Waals surface area contributed by atoms with E-state index in [0.717, 1.165) is 11.3 Å². The molecule has 2 nitrogen and oxygen atoms in total. The van der Waals surface area contributed by atoms with Crippen LogP contribution in [-0.2, 0) is 0 Å². The molecular weight excluding hydrogens is 246 g/mol. The summed E-state index contributed by atoms with van der Waals surface area (Å²) >= 11 is 0. The minimum absolute atomic E-state index is 0.178. The first-order valence-corrected chi connectivity index (χ1v) is 6.66. The molecule has 0 fully saturated rings. The third-order valence-electron chi connectivity index (χ3n) is 3.65. The van der Waals surface area contributed by atoms with Gasteiger partial charge >= 0.3 is 0 Å². The van der Waals surface area contributed by atoms with Crippen LogP contribution in [0, 0.1) is 0 Å². The van der Waals surface area contributed by atoms with Crippen molar-refractivity contribution < 1.29 is 4.74 Å². The zero-order valence-corrected chi connectivity index (χ0v) is 11.5. The van der Waals surface area contributed by atoms with Gasteiger partial charge in [-0.25, -0.2) is 0 Å². The van der Waals surface area contributed by atoms with Crippen molar-refractivity contribution in [1.29, 1.82) is 0 Å². The summed E-state index contributed by atoms with van der Waals surface area (Å²) in [6.07, 6.45) is 4.04. The number of benzene rings is 2. The lowest BCUT2D eigenvalue weighted by Gasteiger charge is -2.12. The van der Waals surface area contributed by atoms with Crippen LogP contribution in [0.15, 0.2) is 67.4 Å². The van der Waals surface area contributed by atoms with Crippen LogP contribution in [-0.4, -0.2) is 12.1 Å². The van der Waals surface area contributed by atoms with Crippen LogP contribution in [0.1, 0.15) is 17.0 Å². The number of methoxy groups -OCH3 is 1. The zero-order valence-electron chi connectivity index (χ0n) is 11.5. The van der Waals surface area contributed by atoms with Gasteiger partial charge in [-0.15, -0.1) is 6.58 Å². The van der Waals surface area contributed by atoms with Crippen molar-refractivity contribution in [2.75, 3.05) is 7.11 Å². The number of aromatic nitrogens is 1. The molecular formula is C18H17NO. The SMILES string of the molecule is C=CC(c1ccccc1)c1c[nH]c2ccc(OC)cc12. The number of ether oxygens (including phenoxy) is 1. The molecule has 0 amide bonds. The third-order valence-corrected chi connectivity index (χ3v) is 3.65. The smallest absolute Gasteiger partial charge is 0.119 e. The fourth-order valence-corrected chi connectivity index (χ4v) is 2.61. The minimum Gasteiger partial charge on any atom is -0.497 e. The molecule has 1 atom stereocenters. The van der Waals surface area contributed by atoms with Crippen molar-refractivity contribution in [2.24, 2.45) is 0 Å². The Morgan fingerprint density at radius 2 is 1.95 bits per heavy atom. The molecule has 3 aromatic rings. The summed E-state index contributed by atoms with van der Waals surface area (Å²) in [6, 6.07) is 16.5. The van der Waals surface area contributed by atoms with Crippen LogP contribution < -0.4 is 4.74 Å². The number of nitrogens with one attached hydrogen (secondary N) is 1. The second-order valence-corrected chi connectivity index (χ2v) is 4.78. The number of hydrogen-bond donors (Lipinski definition) is 1. The van der Waals surface area contributed by atoms with Gasteiger partial charge in [-0.3, -0.25) is 0 Å². The van der Waals surface area contributed by atoms with E-state index in [1.54, 1.807) is 7.11 Å². The molecule has 20 heavy (non-hydrogen) atoms. The van der Waals surface area contributed by atoms with E-state index in [-0.39, 0.29) is 5.92 Å². The summed E-state index contributed by atoms with van der Waals surface area (Å²) in [5.74, 6) is 1.05. The standard InChI is InChI=1S/C18H17NO/c1-3-15(13-7-5-4-6-8-13)17-12-19-18-10-9-14(20-2)11-16(17)18/h3-12,15,19H,1H2,2H3. The van der Waals surface area contributed by atoms with E-state index in [9.17, 15) is 0 Å². The fraction of sp³-hybridized carbons (Fsp3) is 0.111. The van der Waals surface area contributed by atoms with Gasteiger partial charge in [-0.2, -0.15) is 0 Å². The summed E-state index contributed by atoms with van der Waals surface area (Å²) in [4.78, 5) is 3.32. The first kappa shape index (κ1) is 12.5. The van der Waals surface area contributed by atoms with Crippen molar-refractivity contribution in [1.82, 2.24) is 4.98 Å². The van der Waals surface area contributed by atoms with Gasteiger partial charge in [-0.1, -0.05) is 36.4 Å². The van der Waals surface area contributed by atoms with E-state index in [1.807, 2.05) is 24.3 Å². The maximum Gasteiger partial charge on any atom is 0.119 e. The van der Waals surface area contributed by atoms with Gasteiger partial charge in [-0.05, 0) is 29.3 Å². The van der Waals surface area contributed by atoms with Crippen LogP contribution >= 0.6 is 0 Å². The van der Waals surface area contributed by atoms with Crippen molar-refractivity contribution >= 4 is 10.9 Å². The van der Waals surface area contributed by atoms with Gasteiger partial charge in [0.2, 0.25) is 0 Å². The van der Waals surface area contributed by atoms with Crippen LogP contribution in [0.2, 0.25) is 0 Å². The van der Waals surface area contributed by atoms with Gasteiger partial charge in [0.15, 0.2) is 0 Å². The van der Waals surface area contributed by atoms with Gasteiger partial charge in [0, 0.05) is 23.0 Å². The molecule has 2 aromatic carbocycles. The molecule has 0 bridgehead atoms. The summed E-state index contributed by atoms with van der Waals surface area (Å²) < 4.78 is 5.33. The molecule has 2 heteroatoms. The molecule has 0 aliphatic rings. The Morgan fingerprint density at radius 3 is 2.65 bits per heavy atom. The summed E-state index contributed by atoms with van der Waals surface area (Å²) in [7, 11) is 1.69. The largest absolute Gasteiger partial charge is 0.497 e. The lowest BCUT2D eigenvalue weighted by atomic mass is 9.91. The van der Waals surface area contributed by atoms with E-state index < -0.39 is 0 Å². The van der Waals surface area contributed by atoms with Crippen molar-refractivity contribution in [3.05, 3.63) is 78.5 Å². The van der Waals surface area contributed by atoms with E-state index in [2.05, 4.69) is 48.1 Å². The Morgan fingerprint density at radius 1 is 1.15 bits per heavy atom. The highest BCUT2D eigenvalue weighted by molar-refractivity contribution is 5.86. The normalized spacial score (nSPS) is 12.2. The molecule has 3 rings (SSSR count).